The third-order valence-electron chi connectivity index (χ3n) is 16.3. The number of rotatable bonds is 10. The lowest BCUT2D eigenvalue weighted by molar-refractivity contribution is -0.163. The van der Waals surface area contributed by atoms with Crippen molar-refractivity contribution in [2.45, 2.75) is 154 Å². The first-order chi connectivity index (χ1) is 32.0. The molecule has 6 aromatic rings. The first-order valence-electron chi connectivity index (χ1n) is 24.5. The number of hydrogen-bond acceptors (Lipinski definition) is 10. The van der Waals surface area contributed by atoms with Crippen LogP contribution in [0.15, 0.2) is 70.9 Å². The summed E-state index contributed by atoms with van der Waals surface area (Å²) in [4.78, 5) is 0. The van der Waals surface area contributed by atoms with Crippen LogP contribution in [0.5, 0.6) is 11.5 Å². The highest BCUT2D eigenvalue weighted by atomic mass is 28.4. The molecule has 12 heteroatoms. The van der Waals surface area contributed by atoms with Crippen molar-refractivity contribution >= 4 is 60.1 Å². The fraction of sp³-hybridized carbons (Fsp3) is 0.500. The average molecular weight is 961 g/mol. The van der Waals surface area contributed by atoms with Crippen LogP contribution >= 0.6 is 0 Å². The van der Waals surface area contributed by atoms with Gasteiger partial charge in [-0.15, -0.1) is 13.2 Å². The van der Waals surface area contributed by atoms with E-state index in [0.29, 0.717) is 39.3 Å². The SMILES string of the molecule is C=CCC(O)c1coc2c(O[Si](C)(C)C(C)(C)C)c3c4c(ccc3c(C)c12)C1(CC4)OCCO1.C=CCC(O)c1coc2c(O[Si](C)(C)C(C)(C)C)c3c4c(ccc3c(C)c12)C1(CC4)OCCO1. The largest absolute Gasteiger partial charge is 0.541 e. The van der Waals surface area contributed by atoms with Crippen molar-refractivity contribution in [2.75, 3.05) is 26.4 Å². The lowest BCUT2D eigenvalue weighted by Crippen LogP contribution is -2.44. The maximum absolute atomic E-state index is 10.9. The van der Waals surface area contributed by atoms with E-state index in [2.05, 4.69) is 119 Å². The van der Waals surface area contributed by atoms with Gasteiger partial charge in [0.2, 0.25) is 0 Å². The lowest BCUT2D eigenvalue weighted by atomic mass is 9.92. The zero-order chi connectivity index (χ0) is 48.9. The Hall–Kier alpha value is -4.25. The number of aliphatic hydroxyl groups excluding tert-OH is 2. The van der Waals surface area contributed by atoms with Crippen LogP contribution in [-0.4, -0.2) is 53.3 Å². The maximum Gasteiger partial charge on any atom is 0.250 e. The molecule has 4 aromatic carbocycles. The maximum atomic E-state index is 10.9. The minimum absolute atomic E-state index is 0.0190. The number of aryl methyl sites for hydroxylation is 4. The van der Waals surface area contributed by atoms with Gasteiger partial charge in [-0.25, -0.2) is 0 Å². The molecule has 364 valence electrons. The molecule has 0 bridgehead atoms. The van der Waals surface area contributed by atoms with Crippen molar-refractivity contribution < 1.29 is 46.8 Å². The topological polar surface area (TPSA) is 122 Å². The van der Waals surface area contributed by atoms with Gasteiger partial charge in [0.25, 0.3) is 16.6 Å². The number of fused-ring (bicyclic) bond motifs is 10. The van der Waals surface area contributed by atoms with Crippen LogP contribution in [0.25, 0.3) is 43.5 Å². The van der Waals surface area contributed by atoms with Crippen LogP contribution < -0.4 is 8.85 Å². The predicted octanol–water partition coefficient (Wildman–Crippen LogP) is 14.1. The summed E-state index contributed by atoms with van der Waals surface area (Å²) in [5.74, 6) is 0.307. The molecule has 0 saturated carbocycles. The average Bonchev–Trinajstić information content (AvgIpc) is 4.15. The van der Waals surface area contributed by atoms with Gasteiger partial charge in [-0.3, -0.25) is 0 Å². The summed E-state index contributed by atoms with van der Waals surface area (Å²) in [6, 6.07) is 8.64. The van der Waals surface area contributed by atoms with Crippen LogP contribution in [0.2, 0.25) is 36.3 Å². The Morgan fingerprint density at radius 1 is 0.603 bits per heavy atom. The van der Waals surface area contributed by atoms with E-state index >= 15 is 0 Å². The van der Waals surface area contributed by atoms with Gasteiger partial charge in [-0.1, -0.05) is 78.0 Å². The van der Waals surface area contributed by atoms with E-state index in [1.807, 2.05) is 0 Å². The molecule has 2 aromatic heterocycles. The van der Waals surface area contributed by atoms with Crippen LogP contribution in [-0.2, 0) is 43.4 Å². The first kappa shape index (κ1) is 48.8. The van der Waals surface area contributed by atoms with Gasteiger partial charge in [-0.2, -0.15) is 0 Å². The second-order valence-corrected chi connectivity index (χ2v) is 31.9. The predicted molar refractivity (Wildman–Crippen MR) is 276 cm³/mol. The molecule has 68 heavy (non-hydrogen) atoms. The zero-order valence-electron chi connectivity index (χ0n) is 42.4. The van der Waals surface area contributed by atoms with E-state index in [4.69, 9.17) is 36.6 Å². The van der Waals surface area contributed by atoms with Crippen molar-refractivity contribution in [1.82, 2.24) is 0 Å². The molecule has 0 amide bonds. The molecule has 4 heterocycles. The molecule has 2 spiro atoms. The summed E-state index contributed by atoms with van der Waals surface area (Å²) in [5.41, 5.74) is 9.86. The van der Waals surface area contributed by atoms with E-state index in [1.54, 1.807) is 24.7 Å². The Balaban J connectivity index is 0.000000170. The minimum Gasteiger partial charge on any atom is -0.541 e. The molecule has 10 nitrogen and oxygen atoms in total. The molecular weight excluding hydrogens is 889 g/mol. The molecule has 4 aliphatic rings. The van der Waals surface area contributed by atoms with Gasteiger partial charge in [0.05, 0.1) is 51.2 Å². The van der Waals surface area contributed by atoms with Gasteiger partial charge in [0.1, 0.15) is 0 Å². The van der Waals surface area contributed by atoms with Crippen molar-refractivity contribution in [3.8, 4) is 11.5 Å². The number of benzene rings is 4. The fourth-order valence-electron chi connectivity index (χ4n) is 10.4. The Kier molecular flexibility index (Phi) is 12.4. The molecule has 2 saturated heterocycles. The molecule has 2 fully saturated rings. The minimum atomic E-state index is -2.20. The second-order valence-electron chi connectivity index (χ2n) is 22.4. The molecule has 0 radical (unpaired) electrons. The first-order valence-corrected chi connectivity index (χ1v) is 30.3. The van der Waals surface area contributed by atoms with Crippen molar-refractivity contribution in [2.24, 2.45) is 0 Å². The number of aliphatic hydroxyl groups is 2. The Bertz CT molecular complexity index is 2750. The van der Waals surface area contributed by atoms with Crippen molar-refractivity contribution in [3.05, 3.63) is 107 Å². The highest BCUT2D eigenvalue weighted by Crippen LogP contribution is 2.55. The Morgan fingerprint density at radius 3 is 1.28 bits per heavy atom. The summed E-state index contributed by atoms with van der Waals surface area (Å²) < 4.78 is 51.0. The smallest absolute Gasteiger partial charge is 0.250 e. The van der Waals surface area contributed by atoms with Crippen LogP contribution in [0, 0.1) is 13.8 Å². The fourth-order valence-corrected chi connectivity index (χ4v) is 12.5. The quantitative estimate of drug-likeness (QED) is 0.101. The van der Waals surface area contributed by atoms with Crippen molar-refractivity contribution in [3.63, 3.8) is 0 Å². The van der Waals surface area contributed by atoms with Gasteiger partial charge in [0.15, 0.2) is 34.2 Å². The third kappa shape index (κ3) is 7.73. The molecule has 2 aliphatic heterocycles. The standard InChI is InChI=1S/2C28H36O5Si/c2*1-8-9-22(29)20-16-30-25-23(20)17(2)18-10-11-21-19(12-13-28(21)31-14-15-32-28)24(18)26(25)33-34(6,7)27(3,4)5/h2*8,10-11,16,22,29H,1,9,12-15H2,2-7H3. The summed E-state index contributed by atoms with van der Waals surface area (Å²) in [6.07, 6.45) is 9.76. The van der Waals surface area contributed by atoms with Gasteiger partial charge in [0, 0.05) is 56.6 Å². The summed E-state index contributed by atoms with van der Waals surface area (Å²) in [5, 5.41) is 28.1. The third-order valence-corrected chi connectivity index (χ3v) is 24.9. The monoisotopic (exact) mass is 960 g/mol. The number of ether oxygens (including phenoxy) is 4. The van der Waals surface area contributed by atoms with Gasteiger partial charge >= 0.3 is 0 Å². The zero-order valence-corrected chi connectivity index (χ0v) is 44.4. The van der Waals surface area contributed by atoms with E-state index in [-0.39, 0.29) is 10.1 Å². The molecule has 2 unspecified atom stereocenters. The van der Waals surface area contributed by atoms with E-state index in [1.165, 1.54) is 11.1 Å². The summed E-state index contributed by atoms with van der Waals surface area (Å²) >= 11 is 0. The highest BCUT2D eigenvalue weighted by Gasteiger charge is 2.48. The van der Waals surface area contributed by atoms with Crippen molar-refractivity contribution in [1.29, 1.82) is 0 Å². The van der Waals surface area contributed by atoms with E-state index in [0.717, 1.165) is 114 Å². The highest BCUT2D eigenvalue weighted by molar-refractivity contribution is 6.75. The van der Waals surface area contributed by atoms with Crippen LogP contribution in [0.4, 0.5) is 0 Å². The number of hydrogen-bond donors (Lipinski definition) is 2. The summed E-state index contributed by atoms with van der Waals surface area (Å²) in [7, 11) is -4.41. The van der Waals surface area contributed by atoms with Gasteiger partial charge in [-0.05, 0) is 109 Å². The van der Waals surface area contributed by atoms with Crippen LogP contribution in [0.3, 0.4) is 0 Å². The lowest BCUT2D eigenvalue weighted by Gasteiger charge is -2.37. The number of furan rings is 2. The van der Waals surface area contributed by atoms with Crippen LogP contribution in [0.1, 0.15) is 124 Å². The van der Waals surface area contributed by atoms with Gasteiger partial charge < -0.3 is 46.8 Å². The molecule has 10 rings (SSSR count). The molecular formula is C56H72O10Si2. The Morgan fingerprint density at radius 2 is 0.956 bits per heavy atom. The van der Waals surface area contributed by atoms with E-state index < -0.39 is 40.4 Å². The second kappa shape index (κ2) is 17.3. The Labute approximate surface area is 403 Å². The van der Waals surface area contributed by atoms with E-state index in [9.17, 15) is 10.2 Å². The molecule has 2 aliphatic carbocycles. The molecule has 2 N–H and O–H groups in total. The normalized spacial score (nSPS) is 18.7. The summed E-state index contributed by atoms with van der Waals surface area (Å²) in [6.45, 7) is 36.8. The molecule has 2 atom stereocenters.